The Balaban J connectivity index is 2.66. The molecular formula is C20H30N4O7S. The van der Waals surface area contributed by atoms with Crippen molar-refractivity contribution in [3.63, 3.8) is 0 Å². The highest BCUT2D eigenvalue weighted by Gasteiger charge is 2.26. The molecule has 4 atom stereocenters. The second-order valence-electron chi connectivity index (χ2n) is 7.16. The fourth-order valence-corrected chi connectivity index (χ4v) is 3.07. The molecule has 0 aliphatic rings. The number of phenolic OH excluding ortho intramolecular Hbond substituents is 1. The lowest BCUT2D eigenvalue weighted by atomic mass is 10.1. The molecule has 0 aliphatic carbocycles. The third-order valence-electron chi connectivity index (χ3n) is 4.50. The monoisotopic (exact) mass is 470 g/mol. The third-order valence-corrected chi connectivity index (χ3v) is 5.14. The zero-order valence-corrected chi connectivity index (χ0v) is 18.7. The Kier molecular flexibility index (Phi) is 11.5. The van der Waals surface area contributed by atoms with Crippen molar-refractivity contribution in [2.24, 2.45) is 5.73 Å². The van der Waals surface area contributed by atoms with Gasteiger partial charge in [0.1, 0.15) is 23.9 Å². The van der Waals surface area contributed by atoms with Crippen molar-refractivity contribution in [2.75, 3.05) is 18.6 Å². The summed E-state index contributed by atoms with van der Waals surface area (Å²) < 4.78 is 0. The molecule has 0 aliphatic heterocycles. The molecule has 11 nitrogen and oxygen atoms in total. The molecule has 0 bridgehead atoms. The Morgan fingerprint density at radius 2 is 1.69 bits per heavy atom. The first-order chi connectivity index (χ1) is 15.0. The highest BCUT2D eigenvalue weighted by Crippen LogP contribution is 2.11. The van der Waals surface area contributed by atoms with Crippen LogP contribution in [0.2, 0.25) is 0 Å². The summed E-state index contributed by atoms with van der Waals surface area (Å²) >= 11 is 1.45. The summed E-state index contributed by atoms with van der Waals surface area (Å²) in [5, 5.41) is 35.3. The van der Waals surface area contributed by atoms with E-state index < -0.39 is 54.5 Å². The van der Waals surface area contributed by atoms with Crippen molar-refractivity contribution < 1.29 is 34.5 Å². The average Bonchev–Trinajstić information content (AvgIpc) is 2.74. The number of amides is 3. The summed E-state index contributed by atoms with van der Waals surface area (Å²) in [5.74, 6) is -2.74. The molecule has 8 N–H and O–H groups in total. The number of carboxylic acid groups (broad SMARTS) is 1. The summed E-state index contributed by atoms with van der Waals surface area (Å²) in [4.78, 5) is 48.2. The normalized spacial score (nSPS) is 14.5. The fourth-order valence-electron chi connectivity index (χ4n) is 2.60. The van der Waals surface area contributed by atoms with E-state index in [4.69, 9.17) is 5.73 Å². The molecule has 0 fully saturated rings. The van der Waals surface area contributed by atoms with Crippen LogP contribution in [-0.2, 0) is 25.6 Å². The van der Waals surface area contributed by atoms with Crippen molar-refractivity contribution >= 4 is 35.5 Å². The first-order valence-corrected chi connectivity index (χ1v) is 11.2. The van der Waals surface area contributed by atoms with Crippen molar-refractivity contribution in [3.05, 3.63) is 29.8 Å². The van der Waals surface area contributed by atoms with Crippen LogP contribution in [0.15, 0.2) is 24.3 Å². The second kappa shape index (κ2) is 13.6. The molecule has 1 aromatic rings. The minimum absolute atomic E-state index is 0.0149. The van der Waals surface area contributed by atoms with Crippen LogP contribution in [0.5, 0.6) is 5.75 Å². The van der Waals surface area contributed by atoms with Crippen LogP contribution in [0, 0.1) is 0 Å². The summed E-state index contributed by atoms with van der Waals surface area (Å²) in [6.07, 6.45) is 0.975. The number of aliphatic hydroxyl groups is 1. The van der Waals surface area contributed by atoms with Gasteiger partial charge < -0.3 is 37.0 Å². The molecule has 178 valence electrons. The van der Waals surface area contributed by atoms with Gasteiger partial charge in [0.2, 0.25) is 17.7 Å². The predicted molar refractivity (Wildman–Crippen MR) is 119 cm³/mol. The maximum atomic E-state index is 12.5. The zero-order chi connectivity index (χ0) is 24.3. The van der Waals surface area contributed by atoms with Crippen LogP contribution in [0.1, 0.15) is 18.9 Å². The molecule has 12 heteroatoms. The fraction of sp³-hybridized carbons (Fsp3) is 0.500. The van der Waals surface area contributed by atoms with E-state index in [9.17, 15) is 34.5 Å². The van der Waals surface area contributed by atoms with Crippen molar-refractivity contribution in [1.82, 2.24) is 16.0 Å². The first kappa shape index (κ1) is 27.2. The van der Waals surface area contributed by atoms with Gasteiger partial charge in [0, 0.05) is 6.42 Å². The van der Waals surface area contributed by atoms with Crippen LogP contribution in [0.25, 0.3) is 0 Å². The number of hydrogen-bond donors (Lipinski definition) is 7. The van der Waals surface area contributed by atoms with Gasteiger partial charge in [-0.2, -0.15) is 11.8 Å². The lowest BCUT2D eigenvalue weighted by Gasteiger charge is -2.21. The molecular weight excluding hydrogens is 440 g/mol. The van der Waals surface area contributed by atoms with Gasteiger partial charge in [0.05, 0.1) is 12.6 Å². The number of phenols is 1. The van der Waals surface area contributed by atoms with Crippen molar-refractivity contribution in [3.8, 4) is 5.75 Å². The third kappa shape index (κ3) is 9.54. The van der Waals surface area contributed by atoms with Crippen LogP contribution >= 0.6 is 11.8 Å². The maximum absolute atomic E-state index is 12.5. The van der Waals surface area contributed by atoms with E-state index >= 15 is 0 Å². The zero-order valence-electron chi connectivity index (χ0n) is 17.9. The molecule has 1 rings (SSSR count). The number of carbonyl (C=O) groups excluding carboxylic acids is 3. The van der Waals surface area contributed by atoms with Gasteiger partial charge in [-0.3, -0.25) is 14.4 Å². The molecule has 0 heterocycles. The topological polar surface area (TPSA) is 191 Å². The van der Waals surface area contributed by atoms with Crippen LogP contribution < -0.4 is 21.7 Å². The Morgan fingerprint density at radius 1 is 1.06 bits per heavy atom. The number of thioether (sulfide) groups is 1. The molecule has 0 aromatic heterocycles. The number of aromatic hydroxyl groups is 1. The lowest BCUT2D eigenvalue weighted by molar-refractivity contribution is -0.141. The highest BCUT2D eigenvalue weighted by molar-refractivity contribution is 7.98. The predicted octanol–water partition coefficient (Wildman–Crippen LogP) is -1.43. The Hall–Kier alpha value is -2.83. The quantitative estimate of drug-likeness (QED) is 0.181. The molecule has 0 spiro atoms. The molecule has 32 heavy (non-hydrogen) atoms. The number of carbonyl (C=O) groups is 4. The number of benzene rings is 1. The Bertz CT molecular complexity index is 789. The molecule has 0 saturated heterocycles. The Morgan fingerprint density at radius 3 is 2.22 bits per heavy atom. The number of carboxylic acids is 1. The summed E-state index contributed by atoms with van der Waals surface area (Å²) in [6.45, 7) is 0.856. The van der Waals surface area contributed by atoms with Gasteiger partial charge in [0.25, 0.3) is 0 Å². The van der Waals surface area contributed by atoms with Gasteiger partial charge in [-0.05, 0) is 43.0 Å². The number of aliphatic carboxylic acids is 1. The van der Waals surface area contributed by atoms with E-state index in [0.29, 0.717) is 11.3 Å². The smallest absolute Gasteiger partial charge is 0.326 e. The number of nitrogens with one attached hydrogen (secondary N) is 3. The molecule has 1 aromatic carbocycles. The maximum Gasteiger partial charge on any atom is 0.326 e. The van der Waals surface area contributed by atoms with Gasteiger partial charge in [0.15, 0.2) is 0 Å². The van der Waals surface area contributed by atoms with E-state index in [1.54, 1.807) is 0 Å². The minimum atomic E-state index is -1.25. The first-order valence-electron chi connectivity index (χ1n) is 9.85. The second-order valence-corrected chi connectivity index (χ2v) is 8.14. The SMILES string of the molecule is CSCCC(NC(=O)C(N)C(C)O)C(=O)NCC(=O)NC(Cc1ccc(O)cc1)C(=O)O. The summed E-state index contributed by atoms with van der Waals surface area (Å²) in [6, 6.07) is 2.47. The average molecular weight is 471 g/mol. The number of rotatable bonds is 13. The van der Waals surface area contributed by atoms with E-state index in [1.165, 1.54) is 43.0 Å². The minimum Gasteiger partial charge on any atom is -0.508 e. The van der Waals surface area contributed by atoms with Crippen LogP contribution in [0.3, 0.4) is 0 Å². The van der Waals surface area contributed by atoms with Gasteiger partial charge in [-0.15, -0.1) is 0 Å². The van der Waals surface area contributed by atoms with E-state index in [2.05, 4.69) is 16.0 Å². The Labute approximate surface area is 190 Å². The van der Waals surface area contributed by atoms with E-state index in [-0.39, 0.29) is 18.6 Å². The van der Waals surface area contributed by atoms with E-state index in [1.807, 2.05) is 6.26 Å². The van der Waals surface area contributed by atoms with Crippen LogP contribution in [0.4, 0.5) is 0 Å². The van der Waals surface area contributed by atoms with Crippen molar-refractivity contribution in [2.45, 2.75) is 44.0 Å². The number of aliphatic hydroxyl groups excluding tert-OH is 1. The molecule has 0 saturated carbocycles. The summed E-state index contributed by atoms with van der Waals surface area (Å²) in [7, 11) is 0. The number of nitrogens with two attached hydrogens (primary N) is 1. The van der Waals surface area contributed by atoms with Crippen LogP contribution in [-0.4, -0.2) is 81.8 Å². The summed E-state index contributed by atoms with van der Waals surface area (Å²) in [5.41, 5.74) is 6.17. The highest BCUT2D eigenvalue weighted by atomic mass is 32.2. The number of hydrogen-bond acceptors (Lipinski definition) is 8. The molecule has 4 unspecified atom stereocenters. The standard InChI is InChI=1S/C20H30N4O7S/c1-11(25)17(21)19(29)24-14(7-8-32-2)18(28)22-10-16(27)23-15(20(30)31)9-12-3-5-13(26)6-4-12/h3-6,11,14-15,17,25-26H,7-10,21H2,1-2H3,(H,22,28)(H,23,27)(H,24,29)(H,30,31). The van der Waals surface area contributed by atoms with Gasteiger partial charge >= 0.3 is 5.97 Å². The van der Waals surface area contributed by atoms with E-state index in [0.717, 1.165) is 0 Å². The lowest BCUT2D eigenvalue weighted by Crippen LogP contribution is -2.55. The molecule has 0 radical (unpaired) electrons. The largest absolute Gasteiger partial charge is 0.508 e. The van der Waals surface area contributed by atoms with Gasteiger partial charge in [-0.25, -0.2) is 4.79 Å². The molecule has 3 amide bonds. The van der Waals surface area contributed by atoms with Crippen molar-refractivity contribution in [1.29, 1.82) is 0 Å². The van der Waals surface area contributed by atoms with Gasteiger partial charge in [-0.1, -0.05) is 12.1 Å².